The van der Waals surface area contributed by atoms with E-state index in [-0.39, 0.29) is 6.03 Å². The van der Waals surface area contributed by atoms with E-state index >= 15 is 0 Å². The molecule has 3 aromatic rings. The molecular formula is C24H22Br2N2O2. The van der Waals surface area contributed by atoms with E-state index in [1.54, 1.807) is 4.90 Å². The Bertz CT molecular complexity index is 1080. The van der Waals surface area contributed by atoms with Crippen molar-refractivity contribution in [3.8, 4) is 0 Å². The third kappa shape index (κ3) is 3.47. The van der Waals surface area contributed by atoms with Gasteiger partial charge in [0.25, 0.3) is 0 Å². The molecule has 154 valence electrons. The van der Waals surface area contributed by atoms with Gasteiger partial charge >= 0.3 is 6.03 Å². The van der Waals surface area contributed by atoms with Crippen LogP contribution >= 0.6 is 31.9 Å². The molecule has 3 aromatic carbocycles. The number of benzene rings is 3. The van der Waals surface area contributed by atoms with Crippen molar-refractivity contribution in [2.75, 3.05) is 9.80 Å². The number of urea groups is 1. The molecule has 0 aromatic heterocycles. The van der Waals surface area contributed by atoms with Crippen molar-refractivity contribution in [2.24, 2.45) is 0 Å². The topological polar surface area (TPSA) is 43.8 Å². The Morgan fingerprint density at radius 2 is 1.30 bits per heavy atom. The monoisotopic (exact) mass is 528 g/mol. The van der Waals surface area contributed by atoms with E-state index in [1.807, 2.05) is 81.4 Å². The summed E-state index contributed by atoms with van der Waals surface area (Å²) in [5.74, 6) is 0. The number of halogens is 2. The van der Waals surface area contributed by atoms with Gasteiger partial charge in [-0.15, -0.1) is 0 Å². The van der Waals surface area contributed by atoms with Crippen LogP contribution in [0.25, 0.3) is 0 Å². The van der Waals surface area contributed by atoms with E-state index in [9.17, 15) is 9.90 Å². The van der Waals surface area contributed by atoms with Gasteiger partial charge in [0.05, 0.1) is 6.04 Å². The molecule has 2 atom stereocenters. The fourth-order valence-corrected chi connectivity index (χ4v) is 4.71. The molecule has 0 spiro atoms. The maximum Gasteiger partial charge on any atom is 0.332 e. The van der Waals surface area contributed by atoms with Gasteiger partial charge in [0, 0.05) is 25.9 Å². The van der Waals surface area contributed by atoms with Crippen LogP contribution < -0.4 is 9.80 Å². The largest absolute Gasteiger partial charge is 0.365 e. The molecule has 0 saturated carbocycles. The lowest BCUT2D eigenvalue weighted by Crippen LogP contribution is -2.48. The minimum Gasteiger partial charge on any atom is -0.365 e. The van der Waals surface area contributed by atoms with Crippen molar-refractivity contribution >= 4 is 49.3 Å². The summed E-state index contributed by atoms with van der Waals surface area (Å²) in [6.45, 7) is 5.88. The Kier molecular flexibility index (Phi) is 5.51. The summed E-state index contributed by atoms with van der Waals surface area (Å²) in [7, 11) is 0. The molecule has 0 bridgehead atoms. The van der Waals surface area contributed by atoms with Gasteiger partial charge in [-0.25, -0.2) is 4.79 Å². The number of aryl methyl sites for hydroxylation is 2. The second-order valence-electron chi connectivity index (χ2n) is 7.72. The van der Waals surface area contributed by atoms with Gasteiger partial charge in [0.2, 0.25) is 0 Å². The summed E-state index contributed by atoms with van der Waals surface area (Å²) in [5.41, 5.74) is 2.61. The van der Waals surface area contributed by atoms with Crippen LogP contribution in [0.2, 0.25) is 0 Å². The van der Waals surface area contributed by atoms with Crippen molar-refractivity contribution in [1.82, 2.24) is 0 Å². The predicted molar refractivity (Wildman–Crippen MR) is 128 cm³/mol. The first-order valence-electron chi connectivity index (χ1n) is 9.67. The Morgan fingerprint density at radius 1 is 0.833 bits per heavy atom. The van der Waals surface area contributed by atoms with E-state index in [0.717, 1.165) is 25.8 Å². The van der Waals surface area contributed by atoms with Crippen LogP contribution in [-0.4, -0.2) is 17.2 Å². The van der Waals surface area contributed by atoms with Crippen LogP contribution in [0.15, 0.2) is 75.7 Å². The van der Waals surface area contributed by atoms with Crippen LogP contribution in [-0.2, 0) is 5.72 Å². The zero-order valence-electron chi connectivity index (χ0n) is 16.9. The van der Waals surface area contributed by atoms with Crippen molar-refractivity contribution in [3.05, 3.63) is 92.4 Å². The molecule has 6 heteroatoms. The number of amides is 2. The molecule has 1 aliphatic heterocycles. The van der Waals surface area contributed by atoms with E-state index < -0.39 is 11.8 Å². The third-order valence-corrected chi connectivity index (χ3v) is 6.60. The SMILES string of the molecule is Cc1cc(C)cc(C2(O)[C@H](C)N(c3ccc(Br)cc3)C(=O)N2c2ccc(Br)cc2)c1. The number of carbonyl (C=O) groups is 1. The number of carbonyl (C=O) groups excluding carboxylic acids is 1. The average molecular weight is 530 g/mol. The molecule has 1 fully saturated rings. The van der Waals surface area contributed by atoms with Crippen LogP contribution in [0.3, 0.4) is 0 Å². The lowest BCUT2D eigenvalue weighted by molar-refractivity contribution is 0.0371. The number of anilines is 2. The minimum absolute atomic E-state index is 0.270. The maximum absolute atomic E-state index is 13.7. The van der Waals surface area contributed by atoms with Crippen molar-refractivity contribution < 1.29 is 9.90 Å². The molecule has 1 unspecified atom stereocenters. The highest BCUT2D eigenvalue weighted by molar-refractivity contribution is 9.10. The van der Waals surface area contributed by atoms with Crippen LogP contribution in [0, 0.1) is 13.8 Å². The van der Waals surface area contributed by atoms with Gasteiger partial charge < -0.3 is 5.11 Å². The van der Waals surface area contributed by atoms with Gasteiger partial charge in [-0.1, -0.05) is 61.2 Å². The molecule has 0 radical (unpaired) electrons. The van der Waals surface area contributed by atoms with Gasteiger partial charge in [0.1, 0.15) is 0 Å². The summed E-state index contributed by atoms with van der Waals surface area (Å²) >= 11 is 6.90. The Hall–Kier alpha value is -2.15. The highest BCUT2D eigenvalue weighted by Crippen LogP contribution is 2.45. The molecule has 2 amide bonds. The first kappa shape index (κ1) is 21.1. The highest BCUT2D eigenvalue weighted by Gasteiger charge is 2.56. The molecule has 1 saturated heterocycles. The van der Waals surface area contributed by atoms with Crippen molar-refractivity contribution in [3.63, 3.8) is 0 Å². The average Bonchev–Trinajstić information content (AvgIpc) is 2.90. The lowest BCUT2D eigenvalue weighted by Gasteiger charge is -2.36. The predicted octanol–water partition coefficient (Wildman–Crippen LogP) is 6.51. The highest BCUT2D eigenvalue weighted by atomic mass is 79.9. The molecule has 4 nitrogen and oxygen atoms in total. The Morgan fingerprint density at radius 3 is 1.80 bits per heavy atom. The molecule has 1 heterocycles. The van der Waals surface area contributed by atoms with Crippen LogP contribution in [0.5, 0.6) is 0 Å². The molecule has 4 rings (SSSR count). The molecule has 1 N–H and O–H groups in total. The molecule has 30 heavy (non-hydrogen) atoms. The number of hydrogen-bond donors (Lipinski definition) is 1. The standard InChI is InChI=1S/C24H22Br2N2O2/c1-15-12-16(2)14-18(13-15)24(30)17(3)27(21-8-4-19(25)5-9-21)23(29)28(24)22-10-6-20(26)7-11-22/h4-14,17,30H,1-3H3/t17-,24?/m0/s1. The van der Waals surface area contributed by atoms with Gasteiger partial charge in [-0.05, 0) is 69.3 Å². The van der Waals surface area contributed by atoms with E-state index in [4.69, 9.17) is 0 Å². The minimum atomic E-state index is -1.53. The quantitative estimate of drug-likeness (QED) is 0.420. The molecular weight excluding hydrogens is 508 g/mol. The fraction of sp³-hybridized carbons (Fsp3) is 0.208. The van der Waals surface area contributed by atoms with Crippen LogP contribution in [0.4, 0.5) is 16.2 Å². The first-order chi connectivity index (χ1) is 14.2. The zero-order chi connectivity index (χ0) is 21.6. The van der Waals surface area contributed by atoms with Gasteiger partial charge in [-0.3, -0.25) is 9.80 Å². The van der Waals surface area contributed by atoms with Crippen LogP contribution in [0.1, 0.15) is 23.6 Å². The van der Waals surface area contributed by atoms with Gasteiger partial charge in [-0.2, -0.15) is 0 Å². The summed E-state index contributed by atoms with van der Waals surface area (Å²) in [6, 6.07) is 20.2. The van der Waals surface area contributed by atoms with E-state index in [1.165, 1.54) is 4.90 Å². The maximum atomic E-state index is 13.7. The summed E-state index contributed by atoms with van der Waals surface area (Å²) in [6.07, 6.45) is 0. The van der Waals surface area contributed by atoms with E-state index in [2.05, 4.69) is 37.9 Å². The van der Waals surface area contributed by atoms with Crippen molar-refractivity contribution in [2.45, 2.75) is 32.5 Å². The smallest absolute Gasteiger partial charge is 0.332 e. The number of aliphatic hydroxyl groups is 1. The molecule has 1 aliphatic rings. The zero-order valence-corrected chi connectivity index (χ0v) is 20.1. The number of nitrogens with zero attached hydrogens (tertiary/aromatic N) is 2. The third-order valence-electron chi connectivity index (χ3n) is 5.54. The normalized spacial score (nSPS) is 21.4. The Balaban J connectivity index is 1.92. The lowest BCUT2D eigenvalue weighted by atomic mass is 9.92. The fourth-order valence-electron chi connectivity index (χ4n) is 4.18. The second-order valence-corrected chi connectivity index (χ2v) is 9.55. The van der Waals surface area contributed by atoms with E-state index in [0.29, 0.717) is 11.3 Å². The summed E-state index contributed by atoms with van der Waals surface area (Å²) in [5, 5.41) is 12.2. The van der Waals surface area contributed by atoms with Crippen molar-refractivity contribution in [1.29, 1.82) is 0 Å². The number of rotatable bonds is 3. The first-order valence-corrected chi connectivity index (χ1v) is 11.3. The Labute approximate surface area is 193 Å². The van der Waals surface area contributed by atoms with Gasteiger partial charge in [0.15, 0.2) is 5.72 Å². The summed E-state index contributed by atoms with van der Waals surface area (Å²) < 4.78 is 1.84. The second kappa shape index (κ2) is 7.84. The molecule has 0 aliphatic carbocycles. The summed E-state index contributed by atoms with van der Waals surface area (Å²) in [4.78, 5) is 16.9. The number of hydrogen-bond acceptors (Lipinski definition) is 2.